The Bertz CT molecular complexity index is 660. The van der Waals surface area contributed by atoms with E-state index < -0.39 is 0 Å². The highest BCUT2D eigenvalue weighted by atomic mass is 16.5. The average Bonchev–Trinajstić information content (AvgIpc) is 2.67. The van der Waals surface area contributed by atoms with E-state index in [2.05, 4.69) is 21.9 Å². The van der Waals surface area contributed by atoms with Crippen molar-refractivity contribution in [3.63, 3.8) is 0 Å². The zero-order valence-electron chi connectivity index (χ0n) is 13.9. The molecule has 1 fully saturated rings. The van der Waals surface area contributed by atoms with Gasteiger partial charge in [-0.05, 0) is 31.4 Å². The molecular formula is C18H22N4O2. The summed E-state index contributed by atoms with van der Waals surface area (Å²) < 4.78 is 5.80. The quantitative estimate of drug-likeness (QED) is 0.845. The maximum absolute atomic E-state index is 12.7. The van der Waals surface area contributed by atoms with Crippen molar-refractivity contribution in [3.05, 3.63) is 42.6 Å². The van der Waals surface area contributed by atoms with Crippen LogP contribution in [0, 0.1) is 0 Å². The Balaban J connectivity index is 1.66. The van der Waals surface area contributed by atoms with Gasteiger partial charge in [0, 0.05) is 43.9 Å². The van der Waals surface area contributed by atoms with Gasteiger partial charge in [0.1, 0.15) is 6.33 Å². The van der Waals surface area contributed by atoms with Crippen LogP contribution >= 0.6 is 0 Å². The zero-order valence-corrected chi connectivity index (χ0v) is 13.9. The minimum atomic E-state index is 0.0168. The number of carbonyl (C=O) groups is 1. The Morgan fingerprint density at radius 3 is 2.83 bits per heavy atom. The first-order valence-electron chi connectivity index (χ1n) is 8.40. The number of hydrogen-bond acceptors (Lipinski definition) is 5. The summed E-state index contributed by atoms with van der Waals surface area (Å²) in [6.45, 7) is 4.28. The smallest absolute Gasteiger partial charge is 0.255 e. The number of rotatable bonds is 5. The summed E-state index contributed by atoms with van der Waals surface area (Å²) in [7, 11) is 0. The first kappa shape index (κ1) is 16.5. The molecule has 0 radical (unpaired) electrons. The third-order valence-corrected chi connectivity index (χ3v) is 4.09. The minimum absolute atomic E-state index is 0.0168. The number of aromatic nitrogens is 3. The molecule has 0 aliphatic carbocycles. The second-order valence-corrected chi connectivity index (χ2v) is 5.95. The lowest BCUT2D eigenvalue weighted by molar-refractivity contribution is 0.00210. The summed E-state index contributed by atoms with van der Waals surface area (Å²) in [6.07, 6.45) is 9.67. The highest BCUT2D eigenvalue weighted by Crippen LogP contribution is 2.18. The highest BCUT2D eigenvalue weighted by Gasteiger charge is 2.25. The summed E-state index contributed by atoms with van der Waals surface area (Å²) in [5.41, 5.74) is 2.20. The van der Waals surface area contributed by atoms with Gasteiger partial charge < -0.3 is 9.64 Å². The minimum Gasteiger partial charge on any atom is -0.376 e. The van der Waals surface area contributed by atoms with Crippen LogP contribution in [0.15, 0.2) is 37.1 Å². The van der Waals surface area contributed by atoms with Gasteiger partial charge >= 0.3 is 0 Å². The standard InChI is InChI=1S/C18H22N4O2/c1-2-8-24-16-4-3-7-22(12-16)18(23)14-5-6-17(21-11-14)15-9-19-13-20-10-15/h5-6,9-11,13,16H,2-4,7-8,12H2,1H3/t16-/m0/s1. The third-order valence-electron chi connectivity index (χ3n) is 4.09. The lowest BCUT2D eigenvalue weighted by Crippen LogP contribution is -2.43. The van der Waals surface area contributed by atoms with E-state index in [4.69, 9.17) is 4.74 Å². The number of piperidine rings is 1. The lowest BCUT2D eigenvalue weighted by Gasteiger charge is -2.32. The summed E-state index contributed by atoms with van der Waals surface area (Å²) in [4.78, 5) is 26.9. The fraction of sp³-hybridized carbons (Fsp3) is 0.444. The maximum Gasteiger partial charge on any atom is 0.255 e. The van der Waals surface area contributed by atoms with Crippen LogP contribution < -0.4 is 0 Å². The molecule has 2 aromatic heterocycles. The number of likely N-dealkylation sites (tertiary alicyclic amines) is 1. The van der Waals surface area contributed by atoms with E-state index in [-0.39, 0.29) is 12.0 Å². The largest absolute Gasteiger partial charge is 0.376 e. The van der Waals surface area contributed by atoms with E-state index in [9.17, 15) is 4.79 Å². The van der Waals surface area contributed by atoms with Crippen LogP contribution in [-0.2, 0) is 4.74 Å². The van der Waals surface area contributed by atoms with E-state index in [0.29, 0.717) is 12.1 Å². The van der Waals surface area contributed by atoms with Crippen LogP contribution in [0.3, 0.4) is 0 Å². The number of ether oxygens (including phenoxy) is 1. The Hall–Kier alpha value is -2.34. The van der Waals surface area contributed by atoms with Gasteiger partial charge in [-0.2, -0.15) is 0 Å². The molecule has 0 spiro atoms. The number of amides is 1. The molecular weight excluding hydrogens is 304 g/mol. The van der Waals surface area contributed by atoms with Crippen molar-refractivity contribution in [1.82, 2.24) is 19.9 Å². The van der Waals surface area contributed by atoms with E-state index in [0.717, 1.165) is 43.7 Å². The van der Waals surface area contributed by atoms with E-state index in [1.807, 2.05) is 17.0 Å². The van der Waals surface area contributed by atoms with Crippen LogP contribution in [0.1, 0.15) is 36.5 Å². The first-order valence-corrected chi connectivity index (χ1v) is 8.40. The third kappa shape index (κ3) is 3.94. The molecule has 2 aromatic rings. The van der Waals surface area contributed by atoms with Gasteiger partial charge in [-0.3, -0.25) is 9.78 Å². The van der Waals surface area contributed by atoms with Gasteiger partial charge in [0.25, 0.3) is 5.91 Å². The molecule has 6 heteroatoms. The fourth-order valence-electron chi connectivity index (χ4n) is 2.85. The van der Waals surface area contributed by atoms with Gasteiger partial charge in [-0.1, -0.05) is 6.92 Å². The molecule has 0 unspecified atom stereocenters. The molecule has 1 aliphatic heterocycles. The van der Waals surface area contributed by atoms with E-state index in [1.54, 1.807) is 18.6 Å². The summed E-state index contributed by atoms with van der Waals surface area (Å²) in [5, 5.41) is 0. The zero-order chi connectivity index (χ0) is 16.8. The monoisotopic (exact) mass is 326 g/mol. The normalized spacial score (nSPS) is 17.7. The van der Waals surface area contributed by atoms with Crippen molar-refractivity contribution in [2.45, 2.75) is 32.3 Å². The van der Waals surface area contributed by atoms with Crippen molar-refractivity contribution in [3.8, 4) is 11.3 Å². The summed E-state index contributed by atoms with van der Waals surface area (Å²) in [5.74, 6) is 0.0168. The van der Waals surface area contributed by atoms with Crippen LogP contribution in [0.4, 0.5) is 0 Å². The lowest BCUT2D eigenvalue weighted by atomic mass is 10.1. The molecule has 0 bridgehead atoms. The highest BCUT2D eigenvalue weighted by molar-refractivity contribution is 5.94. The Morgan fingerprint density at radius 1 is 1.29 bits per heavy atom. The molecule has 0 saturated carbocycles. The SMILES string of the molecule is CCCO[C@H]1CCCN(C(=O)c2ccc(-c3cncnc3)nc2)C1. The van der Waals surface area contributed by atoms with Gasteiger partial charge in [0.2, 0.25) is 0 Å². The first-order chi connectivity index (χ1) is 11.8. The van der Waals surface area contributed by atoms with Crippen LogP contribution in [0.5, 0.6) is 0 Å². The molecule has 6 nitrogen and oxygen atoms in total. The maximum atomic E-state index is 12.7. The molecule has 126 valence electrons. The van der Waals surface area contributed by atoms with Gasteiger partial charge in [0.15, 0.2) is 0 Å². The van der Waals surface area contributed by atoms with Crippen molar-refractivity contribution in [2.24, 2.45) is 0 Å². The second kappa shape index (κ2) is 7.97. The molecule has 24 heavy (non-hydrogen) atoms. The molecule has 1 atom stereocenters. The number of pyridine rings is 1. The molecule has 1 saturated heterocycles. The van der Waals surface area contributed by atoms with Crippen LogP contribution in [0.2, 0.25) is 0 Å². The topological polar surface area (TPSA) is 68.2 Å². The predicted molar refractivity (Wildman–Crippen MR) is 90.4 cm³/mol. The average molecular weight is 326 g/mol. The van der Waals surface area contributed by atoms with Crippen LogP contribution in [-0.4, -0.2) is 51.6 Å². The van der Waals surface area contributed by atoms with Crippen molar-refractivity contribution in [2.75, 3.05) is 19.7 Å². The number of hydrogen-bond donors (Lipinski definition) is 0. The number of carbonyl (C=O) groups excluding carboxylic acids is 1. The molecule has 3 rings (SSSR count). The molecule has 0 aromatic carbocycles. The predicted octanol–water partition coefficient (Wildman–Crippen LogP) is 2.57. The molecule has 1 amide bonds. The summed E-state index contributed by atoms with van der Waals surface area (Å²) in [6, 6.07) is 3.65. The number of nitrogens with zero attached hydrogens (tertiary/aromatic N) is 4. The fourth-order valence-corrected chi connectivity index (χ4v) is 2.85. The van der Waals surface area contributed by atoms with E-state index >= 15 is 0 Å². The van der Waals surface area contributed by atoms with E-state index in [1.165, 1.54) is 6.33 Å². The Labute approximate surface area is 141 Å². The van der Waals surface area contributed by atoms with Crippen molar-refractivity contribution in [1.29, 1.82) is 0 Å². The van der Waals surface area contributed by atoms with Gasteiger partial charge in [-0.25, -0.2) is 9.97 Å². The molecule has 1 aliphatic rings. The van der Waals surface area contributed by atoms with Crippen LogP contribution in [0.25, 0.3) is 11.3 Å². The molecule has 3 heterocycles. The van der Waals surface area contributed by atoms with Crippen molar-refractivity contribution >= 4 is 5.91 Å². The second-order valence-electron chi connectivity index (χ2n) is 5.95. The summed E-state index contributed by atoms with van der Waals surface area (Å²) >= 11 is 0. The Kier molecular flexibility index (Phi) is 5.48. The van der Waals surface area contributed by atoms with Gasteiger partial charge in [0.05, 0.1) is 17.4 Å². The molecule has 0 N–H and O–H groups in total. The van der Waals surface area contributed by atoms with Gasteiger partial charge in [-0.15, -0.1) is 0 Å². The Morgan fingerprint density at radius 2 is 2.12 bits per heavy atom. The van der Waals surface area contributed by atoms with Crippen molar-refractivity contribution < 1.29 is 9.53 Å².